The monoisotopic (exact) mass is 291 g/mol. The molecular weight excluding hydrogens is 282 g/mol. The quantitative estimate of drug-likeness (QED) is 0.663. The number of carbonyl (C=O) groups is 1. The van der Waals surface area contributed by atoms with Crippen LogP contribution in [0.3, 0.4) is 0 Å². The summed E-state index contributed by atoms with van der Waals surface area (Å²) in [5.41, 5.74) is 3.83. The Kier molecular flexibility index (Phi) is 3.72. The number of aromatic nitrogens is 1. The molecule has 0 bridgehead atoms. The third kappa shape index (κ3) is 3.29. The van der Waals surface area contributed by atoms with E-state index in [-0.39, 0.29) is 5.91 Å². The molecule has 0 saturated carbocycles. The molecule has 5 heteroatoms. The first kappa shape index (κ1) is 11.6. The van der Waals surface area contributed by atoms with Crippen molar-refractivity contribution in [3.05, 3.63) is 58.3 Å². The summed E-state index contributed by atoms with van der Waals surface area (Å²) in [6, 6.07) is 11.2. The molecule has 0 atom stereocenters. The number of nitrogens with one attached hydrogen (secondary N) is 2. The summed E-state index contributed by atoms with van der Waals surface area (Å²) >= 11 is 3.26. The number of H-pyrrole nitrogens is 1. The van der Waals surface area contributed by atoms with Gasteiger partial charge in [0, 0.05) is 10.7 Å². The van der Waals surface area contributed by atoms with Crippen molar-refractivity contribution in [1.82, 2.24) is 10.4 Å². The number of hydrogen-bond acceptors (Lipinski definition) is 2. The second-order valence-corrected chi connectivity index (χ2v) is 4.26. The normalized spacial score (nSPS) is 10.6. The zero-order valence-corrected chi connectivity index (χ0v) is 10.4. The Morgan fingerprint density at radius 2 is 2.12 bits per heavy atom. The molecule has 2 aromatic rings. The van der Waals surface area contributed by atoms with Gasteiger partial charge in [-0.1, -0.05) is 30.3 Å². The van der Waals surface area contributed by atoms with Gasteiger partial charge in [-0.3, -0.25) is 4.79 Å². The molecule has 2 N–H and O–H groups in total. The van der Waals surface area contributed by atoms with E-state index in [0.717, 1.165) is 10.0 Å². The highest BCUT2D eigenvalue weighted by Gasteiger charge is 2.05. The van der Waals surface area contributed by atoms with Crippen LogP contribution in [0.4, 0.5) is 0 Å². The van der Waals surface area contributed by atoms with E-state index in [0.29, 0.717) is 5.69 Å². The average molecular weight is 292 g/mol. The summed E-state index contributed by atoms with van der Waals surface area (Å²) in [6.45, 7) is 0. The Morgan fingerprint density at radius 3 is 2.76 bits per heavy atom. The van der Waals surface area contributed by atoms with Crippen molar-refractivity contribution in [3.8, 4) is 0 Å². The smallest absolute Gasteiger partial charge is 0.287 e. The van der Waals surface area contributed by atoms with Crippen LogP contribution in [0.2, 0.25) is 0 Å². The molecule has 2 rings (SSSR count). The van der Waals surface area contributed by atoms with Gasteiger partial charge in [-0.25, -0.2) is 5.43 Å². The fourth-order valence-electron chi connectivity index (χ4n) is 1.26. The van der Waals surface area contributed by atoms with Gasteiger partial charge < -0.3 is 4.98 Å². The Morgan fingerprint density at radius 1 is 1.35 bits per heavy atom. The van der Waals surface area contributed by atoms with Crippen molar-refractivity contribution < 1.29 is 4.79 Å². The molecule has 0 fully saturated rings. The average Bonchev–Trinajstić information content (AvgIpc) is 2.77. The number of hydrogen-bond donors (Lipinski definition) is 2. The van der Waals surface area contributed by atoms with E-state index < -0.39 is 0 Å². The van der Waals surface area contributed by atoms with Gasteiger partial charge in [-0.15, -0.1) is 0 Å². The maximum atomic E-state index is 11.6. The van der Waals surface area contributed by atoms with Gasteiger partial charge in [0.15, 0.2) is 0 Å². The van der Waals surface area contributed by atoms with E-state index in [9.17, 15) is 4.79 Å². The van der Waals surface area contributed by atoms with Crippen LogP contribution in [0, 0.1) is 0 Å². The molecule has 0 saturated heterocycles. The molecular formula is C12H10BrN3O. The highest BCUT2D eigenvalue weighted by Crippen LogP contribution is 2.10. The predicted octanol–water partition coefficient (Wildman–Crippen LogP) is 2.54. The molecule has 0 aliphatic heterocycles. The molecule has 0 radical (unpaired) electrons. The lowest BCUT2D eigenvalue weighted by Crippen LogP contribution is -2.17. The number of aromatic amines is 1. The topological polar surface area (TPSA) is 57.2 Å². The molecule has 0 aliphatic carbocycles. The SMILES string of the molecule is O=C(N/N=C\c1ccccc1)c1cc(Br)c[nH]1. The summed E-state index contributed by atoms with van der Waals surface area (Å²) in [7, 11) is 0. The molecule has 1 aromatic carbocycles. The van der Waals surface area contributed by atoms with E-state index in [1.54, 1.807) is 18.5 Å². The van der Waals surface area contributed by atoms with Crippen molar-refractivity contribution in [2.45, 2.75) is 0 Å². The molecule has 86 valence electrons. The zero-order valence-electron chi connectivity index (χ0n) is 8.85. The van der Waals surface area contributed by atoms with E-state index in [4.69, 9.17) is 0 Å². The lowest BCUT2D eigenvalue weighted by molar-refractivity contribution is 0.0951. The maximum absolute atomic E-state index is 11.6. The molecule has 0 spiro atoms. The lowest BCUT2D eigenvalue weighted by atomic mass is 10.2. The lowest BCUT2D eigenvalue weighted by Gasteiger charge is -1.95. The van der Waals surface area contributed by atoms with Crippen molar-refractivity contribution in [2.75, 3.05) is 0 Å². The first-order chi connectivity index (χ1) is 8.25. The first-order valence-electron chi connectivity index (χ1n) is 4.98. The molecule has 4 nitrogen and oxygen atoms in total. The van der Waals surface area contributed by atoms with Crippen LogP contribution in [0.25, 0.3) is 0 Å². The number of halogens is 1. The molecule has 1 heterocycles. The van der Waals surface area contributed by atoms with Crippen molar-refractivity contribution in [2.24, 2.45) is 5.10 Å². The van der Waals surface area contributed by atoms with Gasteiger partial charge in [0.2, 0.25) is 0 Å². The van der Waals surface area contributed by atoms with Gasteiger partial charge in [0.25, 0.3) is 5.91 Å². The molecule has 0 aliphatic rings. The fraction of sp³-hybridized carbons (Fsp3) is 0. The molecule has 1 amide bonds. The zero-order chi connectivity index (χ0) is 12.1. The Balaban J connectivity index is 1.95. The molecule has 1 aromatic heterocycles. The van der Waals surface area contributed by atoms with Crippen LogP contribution >= 0.6 is 15.9 Å². The Labute approximate surface area is 107 Å². The van der Waals surface area contributed by atoms with Crippen LogP contribution in [-0.4, -0.2) is 17.1 Å². The van der Waals surface area contributed by atoms with Crippen molar-refractivity contribution in [1.29, 1.82) is 0 Å². The Hall–Kier alpha value is -1.88. The van der Waals surface area contributed by atoms with Gasteiger partial charge >= 0.3 is 0 Å². The van der Waals surface area contributed by atoms with Gasteiger partial charge in [0.05, 0.1) is 6.21 Å². The summed E-state index contributed by atoms with van der Waals surface area (Å²) in [5.74, 6) is -0.275. The van der Waals surface area contributed by atoms with Gasteiger partial charge in [-0.2, -0.15) is 5.10 Å². The summed E-state index contributed by atoms with van der Waals surface area (Å²) < 4.78 is 0.828. The number of nitrogens with zero attached hydrogens (tertiary/aromatic N) is 1. The Bertz CT molecular complexity index is 534. The van der Waals surface area contributed by atoms with E-state index in [1.807, 2.05) is 30.3 Å². The highest BCUT2D eigenvalue weighted by molar-refractivity contribution is 9.10. The number of amides is 1. The van der Waals surface area contributed by atoms with E-state index >= 15 is 0 Å². The third-order valence-electron chi connectivity index (χ3n) is 2.07. The second kappa shape index (κ2) is 5.45. The second-order valence-electron chi connectivity index (χ2n) is 3.34. The van der Waals surface area contributed by atoms with Crippen LogP contribution in [0.5, 0.6) is 0 Å². The minimum absolute atomic E-state index is 0.275. The number of carbonyl (C=O) groups excluding carboxylic acids is 1. The summed E-state index contributed by atoms with van der Waals surface area (Å²) in [6.07, 6.45) is 3.28. The number of benzene rings is 1. The van der Waals surface area contributed by atoms with Crippen LogP contribution in [0.1, 0.15) is 16.1 Å². The van der Waals surface area contributed by atoms with Gasteiger partial charge in [0.1, 0.15) is 5.69 Å². The number of hydrazone groups is 1. The van der Waals surface area contributed by atoms with Crippen LogP contribution in [-0.2, 0) is 0 Å². The largest absolute Gasteiger partial charge is 0.356 e. The number of rotatable bonds is 3. The third-order valence-corrected chi connectivity index (χ3v) is 2.53. The highest BCUT2D eigenvalue weighted by atomic mass is 79.9. The van der Waals surface area contributed by atoms with Crippen LogP contribution in [0.15, 0.2) is 52.2 Å². The maximum Gasteiger partial charge on any atom is 0.287 e. The summed E-state index contributed by atoms with van der Waals surface area (Å²) in [4.78, 5) is 14.4. The van der Waals surface area contributed by atoms with Crippen molar-refractivity contribution in [3.63, 3.8) is 0 Å². The first-order valence-corrected chi connectivity index (χ1v) is 5.77. The van der Waals surface area contributed by atoms with E-state index in [2.05, 4.69) is 31.4 Å². The minimum Gasteiger partial charge on any atom is -0.356 e. The van der Waals surface area contributed by atoms with Crippen molar-refractivity contribution >= 4 is 28.1 Å². The van der Waals surface area contributed by atoms with Gasteiger partial charge in [-0.05, 0) is 27.6 Å². The summed E-state index contributed by atoms with van der Waals surface area (Å²) in [5, 5.41) is 3.87. The fourth-order valence-corrected chi connectivity index (χ4v) is 1.61. The van der Waals surface area contributed by atoms with Crippen LogP contribution < -0.4 is 5.43 Å². The standard InChI is InChI=1S/C12H10BrN3O/c13-10-6-11(14-8-10)12(17)16-15-7-9-4-2-1-3-5-9/h1-8,14H,(H,16,17)/b15-7-. The molecule has 17 heavy (non-hydrogen) atoms. The van der Waals surface area contributed by atoms with E-state index in [1.165, 1.54) is 0 Å². The minimum atomic E-state index is -0.275. The predicted molar refractivity (Wildman–Crippen MR) is 70.0 cm³/mol. The molecule has 0 unspecified atom stereocenters.